The molecule has 0 amide bonds. The SMILES string of the molecule is CC(C)c1ccc(C2CNC3CCCCC3CO2)cc1. The van der Waals surface area contributed by atoms with Gasteiger partial charge in [-0.3, -0.25) is 0 Å². The van der Waals surface area contributed by atoms with Gasteiger partial charge in [0.2, 0.25) is 0 Å². The summed E-state index contributed by atoms with van der Waals surface area (Å²) < 4.78 is 6.20. The Balaban J connectivity index is 1.68. The summed E-state index contributed by atoms with van der Waals surface area (Å²) in [7, 11) is 0. The lowest BCUT2D eigenvalue weighted by atomic mass is 9.85. The number of hydrogen-bond acceptors (Lipinski definition) is 2. The van der Waals surface area contributed by atoms with Crippen LogP contribution in [0.2, 0.25) is 0 Å². The third-order valence-corrected chi connectivity index (χ3v) is 4.96. The van der Waals surface area contributed by atoms with Crippen LogP contribution < -0.4 is 5.32 Å². The molecule has 3 unspecified atom stereocenters. The lowest BCUT2D eigenvalue weighted by Gasteiger charge is -2.29. The first-order chi connectivity index (χ1) is 9.74. The molecule has 110 valence electrons. The van der Waals surface area contributed by atoms with Crippen LogP contribution in [0, 0.1) is 5.92 Å². The van der Waals surface area contributed by atoms with Crippen molar-refractivity contribution in [3.63, 3.8) is 0 Å². The molecule has 1 aliphatic carbocycles. The van der Waals surface area contributed by atoms with Crippen LogP contribution in [0.3, 0.4) is 0 Å². The maximum Gasteiger partial charge on any atom is 0.0949 e. The first-order valence-corrected chi connectivity index (χ1v) is 8.19. The van der Waals surface area contributed by atoms with Crippen molar-refractivity contribution in [2.45, 2.75) is 57.6 Å². The van der Waals surface area contributed by atoms with E-state index in [1.807, 2.05) is 0 Å². The van der Waals surface area contributed by atoms with E-state index in [2.05, 4.69) is 43.4 Å². The van der Waals surface area contributed by atoms with Gasteiger partial charge in [0.25, 0.3) is 0 Å². The number of fused-ring (bicyclic) bond motifs is 1. The minimum absolute atomic E-state index is 0.224. The quantitative estimate of drug-likeness (QED) is 0.878. The summed E-state index contributed by atoms with van der Waals surface area (Å²) in [6.45, 7) is 6.36. The van der Waals surface area contributed by atoms with Crippen LogP contribution in [0.5, 0.6) is 0 Å². The average molecular weight is 273 g/mol. The molecule has 1 heterocycles. The van der Waals surface area contributed by atoms with Crippen molar-refractivity contribution in [3.05, 3.63) is 35.4 Å². The van der Waals surface area contributed by atoms with Crippen LogP contribution in [0.25, 0.3) is 0 Å². The van der Waals surface area contributed by atoms with E-state index in [-0.39, 0.29) is 6.10 Å². The van der Waals surface area contributed by atoms with Crippen molar-refractivity contribution in [1.82, 2.24) is 5.32 Å². The molecule has 1 N–H and O–H groups in total. The Morgan fingerprint density at radius 1 is 1.10 bits per heavy atom. The fourth-order valence-corrected chi connectivity index (χ4v) is 3.54. The highest BCUT2D eigenvalue weighted by molar-refractivity contribution is 5.26. The minimum atomic E-state index is 0.224. The van der Waals surface area contributed by atoms with Gasteiger partial charge in [0.05, 0.1) is 12.7 Å². The van der Waals surface area contributed by atoms with Crippen molar-refractivity contribution in [3.8, 4) is 0 Å². The van der Waals surface area contributed by atoms with E-state index in [4.69, 9.17) is 4.74 Å². The summed E-state index contributed by atoms with van der Waals surface area (Å²) >= 11 is 0. The second-order valence-electron chi connectivity index (χ2n) is 6.70. The molecule has 0 bridgehead atoms. The van der Waals surface area contributed by atoms with Gasteiger partial charge in [-0.2, -0.15) is 0 Å². The van der Waals surface area contributed by atoms with Crippen molar-refractivity contribution in [2.24, 2.45) is 5.92 Å². The third kappa shape index (κ3) is 3.07. The van der Waals surface area contributed by atoms with E-state index in [9.17, 15) is 0 Å². The number of ether oxygens (including phenoxy) is 1. The van der Waals surface area contributed by atoms with Crippen LogP contribution in [0.4, 0.5) is 0 Å². The monoisotopic (exact) mass is 273 g/mol. The zero-order valence-corrected chi connectivity index (χ0v) is 12.8. The van der Waals surface area contributed by atoms with Gasteiger partial charge in [-0.1, -0.05) is 51.0 Å². The van der Waals surface area contributed by atoms with E-state index in [0.717, 1.165) is 19.1 Å². The predicted molar refractivity (Wildman–Crippen MR) is 83.0 cm³/mol. The number of hydrogen-bond donors (Lipinski definition) is 1. The highest BCUT2D eigenvalue weighted by Gasteiger charge is 2.29. The molecule has 0 radical (unpaired) electrons. The lowest BCUT2D eigenvalue weighted by Crippen LogP contribution is -2.38. The molecule has 3 atom stereocenters. The number of benzene rings is 1. The molecule has 20 heavy (non-hydrogen) atoms. The summed E-state index contributed by atoms with van der Waals surface area (Å²) in [5, 5.41) is 3.74. The second-order valence-corrected chi connectivity index (χ2v) is 6.70. The summed E-state index contributed by atoms with van der Waals surface area (Å²) in [4.78, 5) is 0. The van der Waals surface area contributed by atoms with Gasteiger partial charge in [-0.05, 0) is 35.8 Å². The lowest BCUT2D eigenvalue weighted by molar-refractivity contribution is 0.0401. The Bertz CT molecular complexity index is 410. The highest BCUT2D eigenvalue weighted by atomic mass is 16.5. The van der Waals surface area contributed by atoms with Crippen LogP contribution in [0.1, 0.15) is 62.7 Å². The summed E-state index contributed by atoms with van der Waals surface area (Å²) in [6, 6.07) is 9.68. The van der Waals surface area contributed by atoms with E-state index in [1.165, 1.54) is 36.8 Å². The van der Waals surface area contributed by atoms with Gasteiger partial charge in [0, 0.05) is 12.6 Å². The molecular formula is C18H27NO. The second kappa shape index (κ2) is 6.28. The zero-order chi connectivity index (χ0) is 13.9. The van der Waals surface area contributed by atoms with E-state index < -0.39 is 0 Å². The van der Waals surface area contributed by atoms with Gasteiger partial charge in [0.1, 0.15) is 0 Å². The first-order valence-electron chi connectivity index (χ1n) is 8.19. The number of nitrogens with one attached hydrogen (secondary N) is 1. The van der Waals surface area contributed by atoms with Crippen molar-refractivity contribution in [1.29, 1.82) is 0 Å². The predicted octanol–water partition coefficient (Wildman–Crippen LogP) is 4.03. The molecule has 2 aliphatic rings. The molecule has 0 spiro atoms. The molecule has 1 saturated carbocycles. The molecule has 2 nitrogen and oxygen atoms in total. The molecule has 1 aromatic carbocycles. The summed E-state index contributed by atoms with van der Waals surface area (Å²) in [6.07, 6.45) is 5.63. The third-order valence-electron chi connectivity index (χ3n) is 4.96. The molecule has 1 aliphatic heterocycles. The van der Waals surface area contributed by atoms with E-state index in [0.29, 0.717) is 12.0 Å². The topological polar surface area (TPSA) is 21.3 Å². The maximum atomic E-state index is 6.20. The standard InChI is InChI=1S/C18H27NO/c1-13(2)14-7-9-15(10-8-14)18-11-19-17-6-4-3-5-16(17)12-20-18/h7-10,13,16-19H,3-6,11-12H2,1-2H3. The Labute approximate surface area is 122 Å². The van der Waals surface area contributed by atoms with Gasteiger partial charge >= 0.3 is 0 Å². The molecular weight excluding hydrogens is 246 g/mol. The Hall–Kier alpha value is -0.860. The Morgan fingerprint density at radius 2 is 1.85 bits per heavy atom. The summed E-state index contributed by atoms with van der Waals surface area (Å²) in [5.41, 5.74) is 2.73. The average Bonchev–Trinajstić information content (AvgIpc) is 2.70. The maximum absolute atomic E-state index is 6.20. The fourth-order valence-electron chi connectivity index (χ4n) is 3.54. The van der Waals surface area contributed by atoms with Gasteiger partial charge in [0.15, 0.2) is 0 Å². The van der Waals surface area contributed by atoms with Crippen LogP contribution >= 0.6 is 0 Å². The normalized spacial score (nSPS) is 30.9. The molecule has 2 heteroatoms. The smallest absolute Gasteiger partial charge is 0.0949 e. The largest absolute Gasteiger partial charge is 0.372 e. The highest BCUT2D eigenvalue weighted by Crippen LogP contribution is 2.30. The van der Waals surface area contributed by atoms with Crippen molar-refractivity contribution >= 4 is 0 Å². The molecule has 0 aromatic heterocycles. The van der Waals surface area contributed by atoms with Gasteiger partial charge in [-0.15, -0.1) is 0 Å². The van der Waals surface area contributed by atoms with Crippen LogP contribution in [0.15, 0.2) is 24.3 Å². The first kappa shape index (κ1) is 14.1. The van der Waals surface area contributed by atoms with Crippen molar-refractivity contribution in [2.75, 3.05) is 13.2 Å². The Kier molecular flexibility index (Phi) is 4.42. The fraction of sp³-hybridized carbons (Fsp3) is 0.667. The summed E-state index contributed by atoms with van der Waals surface area (Å²) in [5.74, 6) is 1.32. The molecule has 2 fully saturated rings. The van der Waals surface area contributed by atoms with Crippen molar-refractivity contribution < 1.29 is 4.74 Å². The van der Waals surface area contributed by atoms with Gasteiger partial charge in [-0.25, -0.2) is 0 Å². The minimum Gasteiger partial charge on any atom is -0.372 e. The van der Waals surface area contributed by atoms with Crippen LogP contribution in [-0.2, 0) is 4.74 Å². The van der Waals surface area contributed by atoms with E-state index >= 15 is 0 Å². The number of rotatable bonds is 2. The van der Waals surface area contributed by atoms with Crippen LogP contribution in [-0.4, -0.2) is 19.2 Å². The Morgan fingerprint density at radius 3 is 2.60 bits per heavy atom. The zero-order valence-electron chi connectivity index (χ0n) is 12.8. The van der Waals surface area contributed by atoms with Gasteiger partial charge < -0.3 is 10.1 Å². The molecule has 3 rings (SSSR count). The molecule has 1 saturated heterocycles. The molecule has 1 aromatic rings. The van der Waals surface area contributed by atoms with E-state index in [1.54, 1.807) is 0 Å².